The van der Waals surface area contributed by atoms with E-state index in [4.69, 9.17) is 9.47 Å². The van der Waals surface area contributed by atoms with Gasteiger partial charge in [-0.05, 0) is 26.7 Å². The molecule has 0 N–H and O–H groups in total. The van der Waals surface area contributed by atoms with Gasteiger partial charge in [0.2, 0.25) is 0 Å². The van der Waals surface area contributed by atoms with E-state index < -0.39 is 12.1 Å². The van der Waals surface area contributed by atoms with Gasteiger partial charge in [0.25, 0.3) is 0 Å². The van der Waals surface area contributed by atoms with Crippen molar-refractivity contribution >= 4 is 12.1 Å². The molecule has 5 heteroatoms. The van der Waals surface area contributed by atoms with Gasteiger partial charge in [0.1, 0.15) is 6.04 Å². The third kappa shape index (κ3) is 2.84. The van der Waals surface area contributed by atoms with Crippen molar-refractivity contribution in [3.63, 3.8) is 0 Å². The van der Waals surface area contributed by atoms with Crippen LogP contribution in [0.15, 0.2) is 0 Å². The lowest BCUT2D eigenvalue weighted by Crippen LogP contribution is -2.41. The largest absolute Gasteiger partial charge is 0.464 e. The molecule has 0 bridgehead atoms. The van der Waals surface area contributed by atoms with Gasteiger partial charge >= 0.3 is 12.1 Å². The van der Waals surface area contributed by atoms with Crippen LogP contribution in [0.4, 0.5) is 4.79 Å². The van der Waals surface area contributed by atoms with Crippen molar-refractivity contribution in [1.29, 1.82) is 0 Å². The zero-order valence-corrected chi connectivity index (χ0v) is 9.19. The third-order valence-electron chi connectivity index (χ3n) is 2.31. The number of ether oxygens (including phenoxy) is 2. The molecule has 0 radical (unpaired) electrons. The first-order chi connectivity index (χ1) is 7.20. The number of esters is 1. The number of carbonyl (C=O) groups excluding carboxylic acids is 2. The van der Waals surface area contributed by atoms with E-state index in [0.717, 1.165) is 6.42 Å². The van der Waals surface area contributed by atoms with Crippen LogP contribution in [0.3, 0.4) is 0 Å². The highest BCUT2D eigenvalue weighted by Gasteiger charge is 2.35. The second-order valence-electron chi connectivity index (χ2n) is 3.30. The molecular weight excluding hydrogens is 198 g/mol. The van der Waals surface area contributed by atoms with Crippen LogP contribution < -0.4 is 0 Å². The summed E-state index contributed by atoms with van der Waals surface area (Å²) in [4.78, 5) is 24.4. The molecule has 1 amide bonds. The van der Waals surface area contributed by atoms with E-state index in [2.05, 4.69) is 0 Å². The SMILES string of the molecule is CCOC(=O)C1CCCN1C(=O)OCC. The molecule has 1 unspecified atom stereocenters. The van der Waals surface area contributed by atoms with E-state index in [1.54, 1.807) is 13.8 Å². The molecule has 1 saturated heterocycles. The van der Waals surface area contributed by atoms with Crippen molar-refractivity contribution < 1.29 is 19.1 Å². The van der Waals surface area contributed by atoms with Crippen LogP contribution in [0, 0.1) is 0 Å². The highest BCUT2D eigenvalue weighted by atomic mass is 16.6. The molecule has 0 aliphatic carbocycles. The Hall–Kier alpha value is -1.26. The maximum absolute atomic E-state index is 11.5. The van der Waals surface area contributed by atoms with E-state index in [9.17, 15) is 9.59 Å². The maximum Gasteiger partial charge on any atom is 0.410 e. The Morgan fingerprint density at radius 1 is 1.27 bits per heavy atom. The van der Waals surface area contributed by atoms with Gasteiger partial charge in [0, 0.05) is 6.54 Å². The molecular formula is C10H17NO4. The summed E-state index contributed by atoms with van der Waals surface area (Å²) < 4.78 is 9.76. The lowest BCUT2D eigenvalue weighted by atomic mass is 10.2. The van der Waals surface area contributed by atoms with Crippen LogP contribution in [0.25, 0.3) is 0 Å². The van der Waals surface area contributed by atoms with Gasteiger partial charge in [0.15, 0.2) is 0 Å². The van der Waals surface area contributed by atoms with Gasteiger partial charge in [-0.2, -0.15) is 0 Å². The maximum atomic E-state index is 11.5. The molecule has 1 atom stereocenters. The predicted molar refractivity (Wildman–Crippen MR) is 53.4 cm³/mol. The monoisotopic (exact) mass is 215 g/mol. The van der Waals surface area contributed by atoms with Crippen LogP contribution in [0.5, 0.6) is 0 Å². The predicted octanol–water partition coefficient (Wildman–Crippen LogP) is 1.17. The summed E-state index contributed by atoms with van der Waals surface area (Å²) in [6.45, 7) is 4.73. The number of carbonyl (C=O) groups is 2. The molecule has 0 aromatic heterocycles. The van der Waals surface area contributed by atoms with Crippen molar-refractivity contribution in [3.05, 3.63) is 0 Å². The third-order valence-corrected chi connectivity index (χ3v) is 2.31. The molecule has 1 heterocycles. The zero-order chi connectivity index (χ0) is 11.3. The molecule has 86 valence electrons. The van der Waals surface area contributed by atoms with Gasteiger partial charge in [-0.25, -0.2) is 9.59 Å². The van der Waals surface area contributed by atoms with Crippen LogP contribution >= 0.6 is 0 Å². The number of amides is 1. The number of nitrogens with zero attached hydrogens (tertiary/aromatic N) is 1. The van der Waals surface area contributed by atoms with Gasteiger partial charge in [0.05, 0.1) is 13.2 Å². The summed E-state index contributed by atoms with van der Waals surface area (Å²) in [5.74, 6) is -0.331. The first kappa shape index (κ1) is 11.8. The van der Waals surface area contributed by atoms with Gasteiger partial charge in [-0.3, -0.25) is 4.90 Å². The Bertz CT molecular complexity index is 218. The Morgan fingerprint density at radius 2 is 1.93 bits per heavy atom. The lowest BCUT2D eigenvalue weighted by molar-refractivity contribution is -0.147. The smallest absolute Gasteiger partial charge is 0.410 e. The fourth-order valence-corrected chi connectivity index (χ4v) is 1.68. The molecule has 15 heavy (non-hydrogen) atoms. The summed E-state index contributed by atoms with van der Waals surface area (Å²) in [5.41, 5.74) is 0. The average molecular weight is 215 g/mol. The zero-order valence-electron chi connectivity index (χ0n) is 9.19. The minimum absolute atomic E-state index is 0.324. The Kier molecular flexibility index (Phi) is 4.39. The highest BCUT2D eigenvalue weighted by molar-refractivity contribution is 5.82. The number of hydrogen-bond acceptors (Lipinski definition) is 4. The molecule has 0 saturated carbocycles. The molecule has 0 aromatic rings. The van der Waals surface area contributed by atoms with E-state index in [0.29, 0.717) is 26.2 Å². The van der Waals surface area contributed by atoms with Crippen molar-refractivity contribution in [2.45, 2.75) is 32.7 Å². The summed E-state index contributed by atoms with van der Waals surface area (Å²) >= 11 is 0. The lowest BCUT2D eigenvalue weighted by Gasteiger charge is -2.21. The molecule has 1 rings (SSSR count). The average Bonchev–Trinajstić information content (AvgIpc) is 2.66. The van der Waals surface area contributed by atoms with E-state index in [1.807, 2.05) is 0 Å². The summed E-state index contributed by atoms with van der Waals surface area (Å²) in [5, 5.41) is 0. The van der Waals surface area contributed by atoms with Crippen molar-refractivity contribution in [2.24, 2.45) is 0 Å². The first-order valence-corrected chi connectivity index (χ1v) is 5.30. The van der Waals surface area contributed by atoms with Crippen LogP contribution in [0.1, 0.15) is 26.7 Å². The topological polar surface area (TPSA) is 55.8 Å². The highest BCUT2D eigenvalue weighted by Crippen LogP contribution is 2.19. The molecule has 1 fully saturated rings. The quantitative estimate of drug-likeness (QED) is 0.663. The number of rotatable bonds is 3. The molecule has 1 aliphatic rings. The minimum atomic E-state index is -0.455. The standard InChI is InChI=1S/C10H17NO4/c1-3-14-9(12)8-6-5-7-11(8)10(13)15-4-2/h8H,3-7H2,1-2H3. The normalized spacial score (nSPS) is 20.1. The Balaban J connectivity index is 2.56. The van der Waals surface area contributed by atoms with E-state index >= 15 is 0 Å². The van der Waals surface area contributed by atoms with E-state index in [-0.39, 0.29) is 5.97 Å². The van der Waals surface area contributed by atoms with Crippen LogP contribution in [0.2, 0.25) is 0 Å². The Morgan fingerprint density at radius 3 is 2.53 bits per heavy atom. The minimum Gasteiger partial charge on any atom is -0.464 e. The van der Waals surface area contributed by atoms with Crippen molar-refractivity contribution in [2.75, 3.05) is 19.8 Å². The van der Waals surface area contributed by atoms with Crippen molar-refractivity contribution in [1.82, 2.24) is 4.90 Å². The number of likely N-dealkylation sites (tertiary alicyclic amines) is 1. The van der Waals surface area contributed by atoms with Crippen LogP contribution in [-0.4, -0.2) is 42.8 Å². The first-order valence-electron chi connectivity index (χ1n) is 5.30. The molecule has 0 aromatic carbocycles. The van der Waals surface area contributed by atoms with Crippen LogP contribution in [-0.2, 0) is 14.3 Å². The van der Waals surface area contributed by atoms with E-state index in [1.165, 1.54) is 4.90 Å². The van der Waals surface area contributed by atoms with Crippen molar-refractivity contribution in [3.8, 4) is 0 Å². The molecule has 0 spiro atoms. The van der Waals surface area contributed by atoms with Gasteiger partial charge in [-0.15, -0.1) is 0 Å². The molecule has 5 nitrogen and oxygen atoms in total. The van der Waals surface area contributed by atoms with Gasteiger partial charge < -0.3 is 9.47 Å². The summed E-state index contributed by atoms with van der Waals surface area (Å²) in [6.07, 6.45) is 1.06. The fourth-order valence-electron chi connectivity index (χ4n) is 1.68. The summed E-state index contributed by atoms with van der Waals surface area (Å²) in [6, 6.07) is -0.455. The Labute approximate surface area is 89.3 Å². The van der Waals surface area contributed by atoms with Gasteiger partial charge in [-0.1, -0.05) is 0 Å². The second kappa shape index (κ2) is 5.58. The fraction of sp³-hybridized carbons (Fsp3) is 0.800. The molecule has 1 aliphatic heterocycles. The second-order valence-corrected chi connectivity index (χ2v) is 3.30. The number of hydrogen-bond donors (Lipinski definition) is 0. The summed E-state index contributed by atoms with van der Waals surface area (Å²) in [7, 11) is 0.